The van der Waals surface area contributed by atoms with Gasteiger partial charge in [-0.3, -0.25) is 14.9 Å². The molecule has 2 N–H and O–H groups in total. The van der Waals surface area contributed by atoms with Gasteiger partial charge in [0.15, 0.2) is 0 Å². The second-order valence-corrected chi connectivity index (χ2v) is 7.79. The SMILES string of the molecule is O=C(Nc1cc(-c2cccc([N+](=O)[O-])c2)sc1C(=O)O)c1ccc(Cl)s1. The molecule has 1 aromatic carbocycles. The first kappa shape index (κ1) is 18.1. The lowest BCUT2D eigenvalue weighted by molar-refractivity contribution is -0.384. The van der Waals surface area contributed by atoms with Crippen molar-refractivity contribution in [2.45, 2.75) is 0 Å². The van der Waals surface area contributed by atoms with Crippen molar-refractivity contribution in [2.24, 2.45) is 0 Å². The molecule has 10 heteroatoms. The minimum atomic E-state index is -1.20. The van der Waals surface area contributed by atoms with Crippen LogP contribution in [0.2, 0.25) is 4.34 Å². The van der Waals surface area contributed by atoms with Gasteiger partial charge in [-0.2, -0.15) is 0 Å². The molecule has 7 nitrogen and oxygen atoms in total. The summed E-state index contributed by atoms with van der Waals surface area (Å²) in [6.07, 6.45) is 0. The molecule has 2 heterocycles. The molecule has 0 atom stereocenters. The van der Waals surface area contributed by atoms with Gasteiger partial charge in [-0.15, -0.1) is 22.7 Å². The molecule has 0 spiro atoms. The van der Waals surface area contributed by atoms with Gasteiger partial charge in [0.1, 0.15) is 4.88 Å². The minimum Gasteiger partial charge on any atom is -0.477 e. The highest BCUT2D eigenvalue weighted by atomic mass is 35.5. The van der Waals surface area contributed by atoms with Gasteiger partial charge in [0.2, 0.25) is 0 Å². The Hall–Kier alpha value is -2.75. The third kappa shape index (κ3) is 3.74. The molecule has 2 aromatic heterocycles. The average molecular weight is 409 g/mol. The molecule has 132 valence electrons. The van der Waals surface area contributed by atoms with Crippen molar-refractivity contribution in [3.05, 3.63) is 66.7 Å². The summed E-state index contributed by atoms with van der Waals surface area (Å²) in [7, 11) is 0. The maximum Gasteiger partial charge on any atom is 0.348 e. The van der Waals surface area contributed by atoms with Crippen LogP contribution in [0.1, 0.15) is 19.3 Å². The van der Waals surface area contributed by atoms with Crippen LogP contribution >= 0.6 is 34.3 Å². The number of thiophene rings is 2. The second kappa shape index (κ2) is 7.24. The summed E-state index contributed by atoms with van der Waals surface area (Å²) in [5.41, 5.74) is 0.511. The van der Waals surface area contributed by atoms with Crippen LogP contribution in [0.15, 0.2) is 42.5 Å². The predicted molar refractivity (Wildman–Crippen MR) is 101 cm³/mol. The fourth-order valence-corrected chi connectivity index (χ4v) is 4.07. The Morgan fingerprint density at radius 2 is 1.92 bits per heavy atom. The Kier molecular flexibility index (Phi) is 5.03. The number of aromatic carboxylic acids is 1. The number of hydrogen-bond donors (Lipinski definition) is 2. The molecule has 1 amide bonds. The van der Waals surface area contributed by atoms with Gasteiger partial charge in [-0.1, -0.05) is 23.7 Å². The number of anilines is 1. The van der Waals surface area contributed by atoms with E-state index in [0.29, 0.717) is 19.7 Å². The van der Waals surface area contributed by atoms with E-state index in [1.54, 1.807) is 12.1 Å². The Morgan fingerprint density at radius 3 is 2.54 bits per heavy atom. The number of nitrogens with zero attached hydrogens (tertiary/aromatic N) is 1. The molecule has 26 heavy (non-hydrogen) atoms. The van der Waals surface area contributed by atoms with Crippen LogP contribution < -0.4 is 5.32 Å². The molecule has 0 saturated carbocycles. The third-order valence-electron chi connectivity index (χ3n) is 3.31. The van der Waals surface area contributed by atoms with E-state index in [4.69, 9.17) is 11.6 Å². The van der Waals surface area contributed by atoms with Gasteiger partial charge in [0.25, 0.3) is 11.6 Å². The number of carboxylic acids is 1. The molecule has 0 saturated heterocycles. The van der Waals surface area contributed by atoms with Crippen LogP contribution in [0.5, 0.6) is 0 Å². The van der Waals surface area contributed by atoms with Crippen LogP contribution in [0.3, 0.4) is 0 Å². The summed E-state index contributed by atoms with van der Waals surface area (Å²) >= 11 is 7.80. The molecule has 3 aromatic rings. The number of nitrogens with one attached hydrogen (secondary N) is 1. The third-order valence-corrected chi connectivity index (χ3v) is 5.72. The lowest BCUT2D eigenvalue weighted by Crippen LogP contribution is -2.11. The van der Waals surface area contributed by atoms with E-state index in [1.165, 1.54) is 30.3 Å². The number of nitro benzene ring substituents is 1. The number of carboxylic acid groups (broad SMARTS) is 1. The van der Waals surface area contributed by atoms with Crippen molar-refractivity contribution in [1.82, 2.24) is 0 Å². The summed E-state index contributed by atoms with van der Waals surface area (Å²) < 4.78 is 0.441. The average Bonchev–Trinajstić information content (AvgIpc) is 3.21. The zero-order valence-electron chi connectivity index (χ0n) is 12.8. The number of rotatable bonds is 5. The van der Waals surface area contributed by atoms with Crippen LogP contribution in [0.4, 0.5) is 11.4 Å². The van der Waals surface area contributed by atoms with E-state index in [0.717, 1.165) is 22.7 Å². The van der Waals surface area contributed by atoms with Crippen molar-refractivity contribution in [3.63, 3.8) is 0 Å². The first-order valence-electron chi connectivity index (χ1n) is 7.04. The highest BCUT2D eigenvalue weighted by Gasteiger charge is 2.20. The van der Waals surface area contributed by atoms with Gasteiger partial charge in [-0.25, -0.2) is 4.79 Å². The van der Waals surface area contributed by atoms with E-state index in [2.05, 4.69) is 5.32 Å². The van der Waals surface area contributed by atoms with Crippen LogP contribution in [-0.2, 0) is 0 Å². The normalized spacial score (nSPS) is 10.5. The minimum absolute atomic E-state index is 0.0671. The topological polar surface area (TPSA) is 110 Å². The van der Waals surface area contributed by atoms with Crippen molar-refractivity contribution in [2.75, 3.05) is 5.32 Å². The first-order valence-corrected chi connectivity index (χ1v) is 9.05. The number of nitro groups is 1. The lowest BCUT2D eigenvalue weighted by Gasteiger charge is -2.02. The van der Waals surface area contributed by atoms with E-state index in [9.17, 15) is 24.8 Å². The smallest absolute Gasteiger partial charge is 0.348 e. The maximum absolute atomic E-state index is 12.3. The maximum atomic E-state index is 12.3. The molecule has 0 unspecified atom stereocenters. The van der Waals surface area contributed by atoms with Crippen molar-refractivity contribution < 1.29 is 19.6 Å². The fraction of sp³-hybridized carbons (Fsp3) is 0. The number of non-ortho nitro benzene ring substituents is 1. The van der Waals surface area contributed by atoms with E-state index < -0.39 is 16.8 Å². The zero-order chi connectivity index (χ0) is 18.8. The van der Waals surface area contributed by atoms with Crippen molar-refractivity contribution in [1.29, 1.82) is 0 Å². The molecule has 0 bridgehead atoms. The number of carbonyl (C=O) groups excluding carboxylic acids is 1. The van der Waals surface area contributed by atoms with Gasteiger partial charge in [0, 0.05) is 17.0 Å². The highest BCUT2D eigenvalue weighted by molar-refractivity contribution is 7.18. The van der Waals surface area contributed by atoms with E-state index in [-0.39, 0.29) is 16.3 Å². The monoisotopic (exact) mass is 408 g/mol. The van der Waals surface area contributed by atoms with Crippen LogP contribution in [0, 0.1) is 10.1 Å². The standard InChI is InChI=1S/C16H9ClN2O5S2/c17-13-5-4-11(25-13)15(20)18-10-7-12(26-14(10)16(21)22)8-2-1-3-9(6-8)19(23)24/h1-7H,(H,18,20)(H,21,22). The number of hydrogen-bond acceptors (Lipinski definition) is 6. The van der Waals surface area contributed by atoms with Crippen molar-refractivity contribution >= 4 is 57.5 Å². The van der Waals surface area contributed by atoms with Gasteiger partial charge >= 0.3 is 5.97 Å². The Labute approximate surface area is 159 Å². The quantitative estimate of drug-likeness (QED) is 0.456. The summed E-state index contributed by atoms with van der Waals surface area (Å²) in [4.78, 5) is 34.9. The number of halogens is 1. The summed E-state index contributed by atoms with van der Waals surface area (Å²) in [6, 6.07) is 10.4. The molecular formula is C16H9ClN2O5S2. The molecular weight excluding hydrogens is 400 g/mol. The molecule has 0 radical (unpaired) electrons. The molecule has 0 fully saturated rings. The molecule has 0 aliphatic rings. The fourth-order valence-electron chi connectivity index (χ4n) is 2.18. The first-order chi connectivity index (χ1) is 12.3. The Morgan fingerprint density at radius 1 is 1.15 bits per heavy atom. The zero-order valence-corrected chi connectivity index (χ0v) is 15.2. The van der Waals surface area contributed by atoms with E-state index in [1.807, 2.05) is 0 Å². The number of carbonyl (C=O) groups is 2. The van der Waals surface area contributed by atoms with Crippen LogP contribution in [0.25, 0.3) is 10.4 Å². The number of benzene rings is 1. The lowest BCUT2D eigenvalue weighted by atomic mass is 10.1. The molecule has 0 aliphatic carbocycles. The molecule has 3 rings (SSSR count). The Balaban J connectivity index is 1.96. The van der Waals surface area contributed by atoms with E-state index >= 15 is 0 Å². The molecule has 0 aliphatic heterocycles. The predicted octanol–water partition coefficient (Wildman–Crippen LogP) is 4.99. The number of amides is 1. The van der Waals surface area contributed by atoms with Crippen LogP contribution in [-0.4, -0.2) is 21.9 Å². The van der Waals surface area contributed by atoms with Crippen molar-refractivity contribution in [3.8, 4) is 10.4 Å². The Bertz CT molecular complexity index is 1030. The largest absolute Gasteiger partial charge is 0.477 e. The second-order valence-electron chi connectivity index (χ2n) is 5.02. The summed E-state index contributed by atoms with van der Waals surface area (Å²) in [6.45, 7) is 0. The van der Waals surface area contributed by atoms with Gasteiger partial charge in [-0.05, 0) is 23.8 Å². The van der Waals surface area contributed by atoms with Gasteiger partial charge in [0.05, 0.1) is 19.8 Å². The summed E-state index contributed by atoms with van der Waals surface area (Å²) in [5.74, 6) is -1.68. The summed E-state index contributed by atoms with van der Waals surface area (Å²) in [5, 5.41) is 22.9. The highest BCUT2D eigenvalue weighted by Crippen LogP contribution is 2.36. The van der Waals surface area contributed by atoms with Gasteiger partial charge < -0.3 is 10.4 Å².